The van der Waals surface area contributed by atoms with Crippen LogP contribution in [-0.4, -0.2) is 16.4 Å². The topological polar surface area (TPSA) is 37.6 Å². The molecule has 1 radical (unpaired) electrons. The van der Waals surface area contributed by atoms with E-state index >= 15 is 0 Å². The van der Waals surface area contributed by atoms with Crippen molar-refractivity contribution in [3.8, 4) is 0 Å². The normalized spacial score (nSPS) is 12.0. The zero-order valence-electron chi connectivity index (χ0n) is 19.7. The molecule has 4 heteroatoms. The largest absolute Gasteiger partial charge is 0.251 e. The molecular weight excluding hydrogens is 430 g/mol. The predicted octanol–water partition coefficient (Wildman–Crippen LogP) is 7.21. The second kappa shape index (κ2) is 10.2. The molecule has 1 aromatic heterocycles. The summed E-state index contributed by atoms with van der Waals surface area (Å²) in [6.45, 7) is 16.7. The predicted molar refractivity (Wildman–Crippen MR) is 129 cm³/mol. The van der Waals surface area contributed by atoms with Crippen molar-refractivity contribution in [3.63, 3.8) is 0 Å². The van der Waals surface area contributed by atoms with Crippen molar-refractivity contribution in [3.05, 3.63) is 87.2 Å². The maximum atomic E-state index is 4.91. The third-order valence-electron chi connectivity index (χ3n) is 5.32. The van der Waals surface area contributed by atoms with Crippen LogP contribution >= 0.6 is 0 Å². The Hall–Kier alpha value is -2.55. The van der Waals surface area contributed by atoms with Gasteiger partial charge in [0, 0.05) is 17.1 Å². The first-order valence-corrected chi connectivity index (χ1v) is 10.4. The zero-order valence-corrected chi connectivity index (χ0v) is 20.6. The fourth-order valence-electron chi connectivity index (χ4n) is 3.99. The fourth-order valence-corrected chi connectivity index (χ4v) is 3.99. The standard InChI is InChI=1S/C27H31N3.Cu/c1-16-12-18(3)26(19(4)13-16)28-22(7)24-10-9-11-25(30-24)23(8)29-27-20(5)14-17(2)15-21(27)6;/h9-15H,1-8H3;. The van der Waals surface area contributed by atoms with Gasteiger partial charge in [-0.1, -0.05) is 41.5 Å². The van der Waals surface area contributed by atoms with Gasteiger partial charge < -0.3 is 0 Å². The number of hydrogen-bond donors (Lipinski definition) is 0. The molecule has 1 heterocycles. The summed E-state index contributed by atoms with van der Waals surface area (Å²) in [6.07, 6.45) is 0. The number of pyridine rings is 1. The minimum Gasteiger partial charge on any atom is -0.251 e. The second-order valence-corrected chi connectivity index (χ2v) is 8.30. The fraction of sp³-hybridized carbons (Fsp3) is 0.296. The van der Waals surface area contributed by atoms with Crippen LogP contribution < -0.4 is 0 Å². The number of rotatable bonds is 4. The minimum atomic E-state index is 0. The van der Waals surface area contributed by atoms with Gasteiger partial charge in [-0.15, -0.1) is 0 Å². The average Bonchev–Trinajstić information content (AvgIpc) is 2.67. The summed E-state index contributed by atoms with van der Waals surface area (Å²) in [4.78, 5) is 14.7. The van der Waals surface area contributed by atoms with E-state index in [1.54, 1.807) is 0 Å². The van der Waals surface area contributed by atoms with Crippen LogP contribution in [0, 0.1) is 41.5 Å². The first kappa shape index (κ1) is 24.7. The van der Waals surface area contributed by atoms with Crippen LogP contribution in [0.2, 0.25) is 0 Å². The van der Waals surface area contributed by atoms with E-state index in [1.165, 1.54) is 33.4 Å². The van der Waals surface area contributed by atoms with Crippen LogP contribution in [0.4, 0.5) is 11.4 Å². The summed E-state index contributed by atoms with van der Waals surface area (Å²) in [7, 11) is 0. The van der Waals surface area contributed by atoms with Gasteiger partial charge in [0.1, 0.15) is 0 Å². The van der Waals surface area contributed by atoms with E-state index in [-0.39, 0.29) is 17.1 Å². The Morgan fingerprint density at radius 2 is 0.935 bits per heavy atom. The Bertz CT molecular complexity index is 1040. The smallest absolute Gasteiger partial charge is 0.0849 e. The van der Waals surface area contributed by atoms with E-state index in [0.717, 1.165) is 34.2 Å². The molecule has 0 unspecified atom stereocenters. The van der Waals surface area contributed by atoms with Crippen molar-refractivity contribution >= 4 is 22.8 Å². The summed E-state index contributed by atoms with van der Waals surface area (Å²) in [5, 5.41) is 0. The molecule has 0 spiro atoms. The number of aromatic nitrogens is 1. The number of aliphatic imine (C=N–C) groups is 2. The Balaban J connectivity index is 0.00000341. The number of nitrogens with zero attached hydrogens (tertiary/aromatic N) is 3. The van der Waals surface area contributed by atoms with Gasteiger partial charge in [0.2, 0.25) is 0 Å². The quantitative estimate of drug-likeness (QED) is 0.299. The van der Waals surface area contributed by atoms with Gasteiger partial charge in [0.25, 0.3) is 0 Å². The molecule has 0 aliphatic rings. The summed E-state index contributed by atoms with van der Waals surface area (Å²) < 4.78 is 0. The Kier molecular flexibility index (Phi) is 8.11. The van der Waals surface area contributed by atoms with Crippen molar-refractivity contribution in [2.24, 2.45) is 9.98 Å². The Morgan fingerprint density at radius 1 is 0.613 bits per heavy atom. The SMILES string of the molecule is CC(=Nc1c(C)cc(C)cc1C)c1cccc(C(C)=Nc2c(C)cc(C)cc2C)n1.[Cu]. The molecule has 0 saturated heterocycles. The minimum absolute atomic E-state index is 0. The van der Waals surface area contributed by atoms with E-state index in [2.05, 4.69) is 65.8 Å². The van der Waals surface area contributed by atoms with Crippen molar-refractivity contribution in [2.45, 2.75) is 55.4 Å². The van der Waals surface area contributed by atoms with E-state index < -0.39 is 0 Å². The summed E-state index contributed by atoms with van der Waals surface area (Å²) in [5.74, 6) is 0. The van der Waals surface area contributed by atoms with Gasteiger partial charge in [0.15, 0.2) is 0 Å². The molecule has 0 bridgehead atoms. The molecule has 0 aliphatic carbocycles. The average molecular weight is 461 g/mol. The van der Waals surface area contributed by atoms with Crippen molar-refractivity contribution in [1.82, 2.24) is 4.98 Å². The van der Waals surface area contributed by atoms with Gasteiger partial charge in [-0.25, -0.2) is 4.98 Å². The van der Waals surface area contributed by atoms with Gasteiger partial charge in [-0.3, -0.25) is 9.98 Å². The number of aryl methyl sites for hydroxylation is 6. The molecule has 0 amide bonds. The monoisotopic (exact) mass is 460 g/mol. The molecule has 3 nitrogen and oxygen atoms in total. The molecule has 31 heavy (non-hydrogen) atoms. The molecule has 0 atom stereocenters. The maximum Gasteiger partial charge on any atom is 0.0849 e. The van der Waals surface area contributed by atoms with Gasteiger partial charge in [0.05, 0.1) is 34.2 Å². The third kappa shape index (κ3) is 5.78. The summed E-state index contributed by atoms with van der Waals surface area (Å²) in [6, 6.07) is 14.7. The van der Waals surface area contributed by atoms with Crippen LogP contribution in [-0.2, 0) is 17.1 Å². The van der Waals surface area contributed by atoms with Crippen LogP contribution in [0.25, 0.3) is 0 Å². The first-order chi connectivity index (χ1) is 14.2. The molecule has 2 aromatic carbocycles. The number of hydrogen-bond acceptors (Lipinski definition) is 3. The van der Waals surface area contributed by atoms with Crippen LogP contribution in [0.1, 0.15) is 58.6 Å². The van der Waals surface area contributed by atoms with E-state index in [9.17, 15) is 0 Å². The van der Waals surface area contributed by atoms with E-state index in [0.29, 0.717) is 0 Å². The number of benzene rings is 2. The second-order valence-electron chi connectivity index (χ2n) is 8.30. The molecular formula is C27H31CuN3. The van der Waals surface area contributed by atoms with E-state index in [1.807, 2.05) is 32.0 Å². The zero-order chi connectivity index (χ0) is 22.0. The molecule has 3 rings (SSSR count). The molecule has 0 N–H and O–H groups in total. The molecule has 165 valence electrons. The Labute approximate surface area is 197 Å². The molecule has 0 fully saturated rings. The first-order valence-electron chi connectivity index (χ1n) is 10.4. The van der Waals surface area contributed by atoms with Gasteiger partial charge >= 0.3 is 0 Å². The van der Waals surface area contributed by atoms with E-state index in [4.69, 9.17) is 15.0 Å². The van der Waals surface area contributed by atoms with Crippen molar-refractivity contribution in [2.75, 3.05) is 0 Å². The van der Waals surface area contributed by atoms with Gasteiger partial charge in [-0.05, 0) is 89.8 Å². The molecule has 0 aliphatic heterocycles. The van der Waals surface area contributed by atoms with Crippen LogP contribution in [0.15, 0.2) is 52.4 Å². The van der Waals surface area contributed by atoms with Crippen LogP contribution in [0.3, 0.4) is 0 Å². The molecule has 3 aromatic rings. The summed E-state index contributed by atoms with van der Waals surface area (Å²) in [5.41, 5.74) is 12.9. The molecule has 0 saturated carbocycles. The third-order valence-corrected chi connectivity index (χ3v) is 5.32. The van der Waals surface area contributed by atoms with Crippen LogP contribution in [0.5, 0.6) is 0 Å². The Morgan fingerprint density at radius 3 is 1.26 bits per heavy atom. The van der Waals surface area contributed by atoms with Crippen molar-refractivity contribution < 1.29 is 17.1 Å². The van der Waals surface area contributed by atoms with Crippen molar-refractivity contribution in [1.29, 1.82) is 0 Å². The maximum absolute atomic E-state index is 4.91. The van der Waals surface area contributed by atoms with Gasteiger partial charge in [-0.2, -0.15) is 0 Å². The summed E-state index contributed by atoms with van der Waals surface area (Å²) >= 11 is 0.